The van der Waals surface area contributed by atoms with Crippen molar-refractivity contribution in [1.82, 2.24) is 0 Å². The molecule has 0 unspecified atom stereocenters. The first-order valence-electron chi connectivity index (χ1n) is 2.81. The van der Waals surface area contributed by atoms with Gasteiger partial charge in [-0.25, -0.2) is 0 Å². The number of rotatable bonds is 1. The van der Waals surface area contributed by atoms with Gasteiger partial charge in [0, 0.05) is 0 Å². The summed E-state index contributed by atoms with van der Waals surface area (Å²) >= 11 is 0. The van der Waals surface area contributed by atoms with E-state index >= 15 is 0 Å². The second kappa shape index (κ2) is 2.53. The van der Waals surface area contributed by atoms with Gasteiger partial charge in [0.1, 0.15) is 7.28 Å². The van der Waals surface area contributed by atoms with Gasteiger partial charge in [0.05, 0.1) is 0 Å². The first-order chi connectivity index (χ1) is 4.33. The zero-order valence-electron chi connectivity index (χ0n) is 5.24. The Balaban J connectivity index is 2.88. The number of nitrogens with zero attached hydrogens (tertiary/aromatic N) is 1. The van der Waals surface area contributed by atoms with Crippen molar-refractivity contribution in [1.29, 1.82) is 0 Å². The van der Waals surface area contributed by atoms with Crippen molar-refractivity contribution < 1.29 is 4.73 Å². The average molecular weight is 120 g/mol. The van der Waals surface area contributed by atoms with Crippen molar-refractivity contribution >= 4 is 12.7 Å². The van der Waals surface area contributed by atoms with Crippen LogP contribution in [0.3, 0.4) is 0 Å². The SMILES string of the molecule is C[B]c1cc[n+]([O-])cc1. The van der Waals surface area contributed by atoms with Gasteiger partial charge in [-0.15, -0.1) is 0 Å². The summed E-state index contributed by atoms with van der Waals surface area (Å²) in [6.07, 6.45) is 2.96. The molecule has 1 radical (unpaired) electrons. The maximum Gasteiger partial charge on any atom is 0.179 e. The summed E-state index contributed by atoms with van der Waals surface area (Å²) in [6.45, 7) is 1.93. The highest BCUT2D eigenvalue weighted by atomic mass is 16.5. The van der Waals surface area contributed by atoms with Gasteiger partial charge in [-0.3, -0.25) is 0 Å². The molecule has 0 aromatic carbocycles. The van der Waals surface area contributed by atoms with Gasteiger partial charge in [0.25, 0.3) is 0 Å². The predicted octanol–water partition coefficient (Wildman–Crippen LogP) is -0.302. The fraction of sp³-hybridized carbons (Fsp3) is 0.167. The van der Waals surface area contributed by atoms with Crippen LogP contribution in [0.4, 0.5) is 0 Å². The van der Waals surface area contributed by atoms with Crippen molar-refractivity contribution in [3.63, 3.8) is 0 Å². The van der Waals surface area contributed by atoms with Gasteiger partial charge in [0.15, 0.2) is 12.4 Å². The Morgan fingerprint density at radius 2 is 2.00 bits per heavy atom. The largest absolute Gasteiger partial charge is 0.619 e. The molecule has 0 saturated carbocycles. The monoisotopic (exact) mass is 120 g/mol. The van der Waals surface area contributed by atoms with Gasteiger partial charge in [-0.1, -0.05) is 12.3 Å². The van der Waals surface area contributed by atoms with Crippen LogP contribution >= 0.6 is 0 Å². The molecule has 0 aliphatic heterocycles. The molecule has 0 saturated heterocycles. The molecule has 0 atom stereocenters. The predicted molar refractivity (Wildman–Crippen MR) is 36.7 cm³/mol. The minimum Gasteiger partial charge on any atom is -0.619 e. The third-order valence-electron chi connectivity index (χ3n) is 1.16. The van der Waals surface area contributed by atoms with E-state index in [1.165, 1.54) is 12.4 Å². The first-order valence-corrected chi connectivity index (χ1v) is 2.81. The first kappa shape index (κ1) is 6.14. The molecule has 0 amide bonds. The fourth-order valence-electron chi connectivity index (χ4n) is 0.617. The summed E-state index contributed by atoms with van der Waals surface area (Å²) in [5.74, 6) is 0. The van der Waals surface area contributed by atoms with Crippen molar-refractivity contribution in [2.45, 2.75) is 6.82 Å². The van der Waals surface area contributed by atoms with Crippen LogP contribution in [0.2, 0.25) is 6.82 Å². The molecule has 0 bridgehead atoms. The number of pyridine rings is 1. The quantitative estimate of drug-likeness (QED) is 0.284. The summed E-state index contributed by atoms with van der Waals surface area (Å²) in [5.41, 5.74) is 1.07. The molecular weight excluding hydrogens is 113 g/mol. The average Bonchev–Trinajstić information content (AvgIpc) is 1.90. The van der Waals surface area contributed by atoms with Crippen LogP contribution in [0.25, 0.3) is 0 Å². The van der Waals surface area contributed by atoms with Crippen molar-refractivity contribution in [3.05, 3.63) is 29.7 Å². The summed E-state index contributed by atoms with van der Waals surface area (Å²) in [7, 11) is 1.94. The van der Waals surface area contributed by atoms with E-state index in [9.17, 15) is 5.21 Å². The molecule has 45 valence electrons. The Kier molecular flexibility index (Phi) is 1.73. The van der Waals surface area contributed by atoms with Crippen LogP contribution in [0.15, 0.2) is 24.5 Å². The maximum atomic E-state index is 10.4. The zero-order valence-corrected chi connectivity index (χ0v) is 5.24. The molecular formula is C6H7BNO. The third-order valence-corrected chi connectivity index (χ3v) is 1.16. The van der Waals surface area contributed by atoms with E-state index in [4.69, 9.17) is 0 Å². The van der Waals surface area contributed by atoms with Crippen molar-refractivity contribution in [3.8, 4) is 0 Å². The lowest BCUT2D eigenvalue weighted by Gasteiger charge is -1.94. The van der Waals surface area contributed by atoms with Crippen molar-refractivity contribution in [2.24, 2.45) is 0 Å². The normalized spacial score (nSPS) is 9.00. The van der Waals surface area contributed by atoms with E-state index in [0.29, 0.717) is 0 Å². The molecule has 1 rings (SSSR count). The topological polar surface area (TPSA) is 26.9 Å². The minimum absolute atomic E-state index is 0.771. The lowest BCUT2D eigenvalue weighted by atomic mass is 9.74. The molecule has 0 N–H and O–H groups in total. The molecule has 0 aliphatic rings. The number of hydrogen-bond acceptors (Lipinski definition) is 1. The van der Waals surface area contributed by atoms with E-state index in [1.54, 1.807) is 12.1 Å². The number of aromatic nitrogens is 1. The van der Waals surface area contributed by atoms with E-state index in [2.05, 4.69) is 0 Å². The highest BCUT2D eigenvalue weighted by Crippen LogP contribution is 1.72. The third kappa shape index (κ3) is 1.45. The van der Waals surface area contributed by atoms with Crippen LogP contribution < -0.4 is 10.2 Å². The van der Waals surface area contributed by atoms with E-state index in [-0.39, 0.29) is 0 Å². The summed E-state index contributed by atoms with van der Waals surface area (Å²) in [4.78, 5) is 0. The Bertz CT molecular complexity index is 185. The molecule has 1 heterocycles. The molecule has 0 spiro atoms. The van der Waals surface area contributed by atoms with E-state index in [0.717, 1.165) is 10.2 Å². The molecule has 1 aromatic heterocycles. The van der Waals surface area contributed by atoms with Crippen LogP contribution in [-0.4, -0.2) is 7.28 Å². The Morgan fingerprint density at radius 3 is 2.44 bits per heavy atom. The lowest BCUT2D eigenvalue weighted by molar-refractivity contribution is -0.605. The Labute approximate surface area is 55.0 Å². The van der Waals surface area contributed by atoms with Crippen LogP contribution in [0.5, 0.6) is 0 Å². The van der Waals surface area contributed by atoms with Crippen LogP contribution in [0.1, 0.15) is 0 Å². The van der Waals surface area contributed by atoms with Gasteiger partial charge in [-0.05, 0) is 12.1 Å². The van der Waals surface area contributed by atoms with Crippen LogP contribution in [-0.2, 0) is 0 Å². The second-order valence-corrected chi connectivity index (χ2v) is 1.78. The Morgan fingerprint density at radius 1 is 1.44 bits per heavy atom. The highest BCUT2D eigenvalue weighted by Gasteiger charge is 1.89. The van der Waals surface area contributed by atoms with Crippen molar-refractivity contribution in [2.75, 3.05) is 0 Å². The summed E-state index contributed by atoms with van der Waals surface area (Å²) in [5, 5.41) is 10.4. The van der Waals surface area contributed by atoms with Gasteiger partial charge in [-0.2, -0.15) is 4.73 Å². The molecule has 9 heavy (non-hydrogen) atoms. The van der Waals surface area contributed by atoms with E-state index in [1.807, 2.05) is 14.1 Å². The van der Waals surface area contributed by atoms with Gasteiger partial charge in [0.2, 0.25) is 0 Å². The minimum atomic E-state index is 0.771. The van der Waals surface area contributed by atoms with E-state index < -0.39 is 0 Å². The fourth-order valence-corrected chi connectivity index (χ4v) is 0.617. The molecule has 2 nitrogen and oxygen atoms in total. The smallest absolute Gasteiger partial charge is 0.179 e. The Hall–Kier alpha value is -0.985. The lowest BCUT2D eigenvalue weighted by Crippen LogP contribution is -2.27. The molecule has 0 fully saturated rings. The van der Waals surface area contributed by atoms with Crippen LogP contribution in [0, 0.1) is 5.21 Å². The molecule has 3 heteroatoms. The highest BCUT2D eigenvalue weighted by molar-refractivity contribution is 6.51. The molecule has 0 aliphatic carbocycles. The van der Waals surface area contributed by atoms with Gasteiger partial charge >= 0.3 is 0 Å². The summed E-state index contributed by atoms with van der Waals surface area (Å²) in [6, 6.07) is 3.54. The second-order valence-electron chi connectivity index (χ2n) is 1.78. The summed E-state index contributed by atoms with van der Waals surface area (Å²) < 4.78 is 0.771. The maximum absolute atomic E-state index is 10.4. The zero-order chi connectivity index (χ0) is 6.69. The number of hydrogen-bond donors (Lipinski definition) is 0. The molecule has 1 aromatic rings. The van der Waals surface area contributed by atoms with Gasteiger partial charge < -0.3 is 5.21 Å². The standard InChI is InChI=1S/C6H7BNO/c1-7-6-2-4-8(9)5-3-6/h2-5H,1H3.